The average Bonchev–Trinajstić information content (AvgIpc) is 2.97. The lowest BCUT2D eigenvalue weighted by atomic mass is 9.84. The monoisotopic (exact) mass is 626 g/mol. The zero-order chi connectivity index (χ0) is 34.1. The number of aliphatic hydroxyl groups is 1. The van der Waals surface area contributed by atoms with Crippen LogP contribution in [0.4, 0.5) is 0 Å². The van der Waals surface area contributed by atoms with Crippen LogP contribution < -0.4 is 0 Å². The van der Waals surface area contributed by atoms with E-state index in [1.165, 1.54) is 26.9 Å². The molecule has 0 aromatic rings. The summed E-state index contributed by atoms with van der Waals surface area (Å²) in [5, 5.41) is 10.4. The quantitative estimate of drug-likeness (QED) is 0.0927. The molecule has 0 amide bonds. The van der Waals surface area contributed by atoms with E-state index < -0.39 is 53.9 Å². The summed E-state index contributed by atoms with van der Waals surface area (Å²) in [5.41, 5.74) is 1.01. The lowest BCUT2D eigenvalue weighted by Crippen LogP contribution is -2.49. The van der Waals surface area contributed by atoms with Crippen molar-refractivity contribution in [2.75, 3.05) is 28.4 Å². The van der Waals surface area contributed by atoms with E-state index in [2.05, 4.69) is 54.9 Å². The van der Waals surface area contributed by atoms with Gasteiger partial charge in [-0.2, -0.15) is 0 Å². The van der Waals surface area contributed by atoms with E-state index in [0.29, 0.717) is 17.8 Å². The number of ether oxygens (including phenoxy) is 5. The number of carbonyl (C=O) groups excluding carboxylic acids is 5. The number of carbonyl (C=O) groups is 5. The molecule has 0 heterocycles. The first-order valence-corrected chi connectivity index (χ1v) is 15.2. The second-order valence-corrected chi connectivity index (χ2v) is 12.0. The highest BCUT2D eigenvalue weighted by Gasteiger charge is 2.47. The molecule has 0 spiro atoms. The second-order valence-electron chi connectivity index (χ2n) is 12.0. The van der Waals surface area contributed by atoms with Crippen molar-refractivity contribution in [2.45, 2.75) is 92.8 Å². The van der Waals surface area contributed by atoms with Gasteiger partial charge in [-0.15, -0.1) is 0 Å². The largest absolute Gasteiger partial charge is 0.469 e. The Kier molecular flexibility index (Phi) is 19.2. The smallest absolute Gasteiger partial charge is 0.348 e. The highest BCUT2D eigenvalue weighted by molar-refractivity contribution is 5.92. The molecule has 0 rings (SSSR count). The Morgan fingerprint density at radius 1 is 0.705 bits per heavy atom. The number of aliphatic hydroxyl groups excluding tert-OH is 1. The van der Waals surface area contributed by atoms with Gasteiger partial charge >= 0.3 is 29.8 Å². The van der Waals surface area contributed by atoms with Crippen LogP contribution in [0, 0.1) is 35.5 Å². The molecule has 0 saturated heterocycles. The van der Waals surface area contributed by atoms with Crippen molar-refractivity contribution in [3.63, 3.8) is 0 Å². The molecule has 0 bridgehead atoms. The van der Waals surface area contributed by atoms with Gasteiger partial charge in [0.1, 0.15) is 5.92 Å². The van der Waals surface area contributed by atoms with Gasteiger partial charge < -0.3 is 28.8 Å². The molecule has 44 heavy (non-hydrogen) atoms. The normalized spacial score (nSPS) is 17.5. The third kappa shape index (κ3) is 14.1. The predicted octanol–water partition coefficient (Wildman–Crippen LogP) is 4.59. The van der Waals surface area contributed by atoms with Gasteiger partial charge in [0.05, 0.1) is 34.4 Å². The third-order valence-corrected chi connectivity index (χ3v) is 7.66. The fourth-order valence-electron chi connectivity index (χ4n) is 5.40. The molecule has 0 aromatic heterocycles. The number of rotatable bonds is 19. The van der Waals surface area contributed by atoms with Gasteiger partial charge in [-0.25, -0.2) is 14.4 Å². The average molecular weight is 627 g/mol. The number of methoxy groups -OCH3 is 4. The predicted molar refractivity (Wildman–Crippen MR) is 164 cm³/mol. The maximum atomic E-state index is 13.1. The first kappa shape index (κ1) is 40.8. The molecule has 0 radical (unpaired) electrons. The van der Waals surface area contributed by atoms with Gasteiger partial charge in [0.2, 0.25) is 6.10 Å². The number of hydrogen-bond acceptors (Lipinski definition) is 11. The van der Waals surface area contributed by atoms with Crippen LogP contribution in [-0.4, -0.2) is 75.6 Å². The Morgan fingerprint density at radius 2 is 1.23 bits per heavy atom. The van der Waals surface area contributed by atoms with Crippen molar-refractivity contribution < 1.29 is 52.8 Å². The summed E-state index contributed by atoms with van der Waals surface area (Å²) in [6.07, 6.45) is 3.91. The first-order chi connectivity index (χ1) is 20.6. The standard InChI is InChI=1S/C33H54O11/c1-12-19(2)13-20(3)14-21(4)15-22(5)16-23(6)17-25(30(36)40-8)18-24(7)29(35)44-28(33(39)43-11)26(31(37)41-9)27(34)32(38)42-10/h16-17,19-22,24,26-28,34H,12-15,18H2,1-11H3/b23-16+,25-17+. The van der Waals surface area contributed by atoms with Gasteiger partial charge in [-0.05, 0) is 62.4 Å². The maximum Gasteiger partial charge on any atom is 0.348 e. The number of esters is 5. The highest BCUT2D eigenvalue weighted by atomic mass is 16.6. The van der Waals surface area contributed by atoms with E-state index in [9.17, 15) is 29.1 Å². The summed E-state index contributed by atoms with van der Waals surface area (Å²) in [6.45, 7) is 14.5. The van der Waals surface area contributed by atoms with Crippen LogP contribution in [0.2, 0.25) is 0 Å². The summed E-state index contributed by atoms with van der Waals surface area (Å²) < 4.78 is 23.9. The molecule has 11 nitrogen and oxygen atoms in total. The van der Waals surface area contributed by atoms with Gasteiger partial charge in [0, 0.05) is 5.57 Å². The van der Waals surface area contributed by atoms with E-state index in [1.54, 1.807) is 6.08 Å². The Hall–Kier alpha value is -3.21. The lowest BCUT2D eigenvalue weighted by molar-refractivity contribution is -0.186. The van der Waals surface area contributed by atoms with Crippen LogP contribution >= 0.6 is 0 Å². The number of hydrogen-bond donors (Lipinski definition) is 1. The molecule has 0 aliphatic heterocycles. The van der Waals surface area contributed by atoms with Crippen LogP contribution in [0.25, 0.3) is 0 Å². The SMILES string of the molecule is CCC(C)CC(C)CC(C)CC(C)/C=C(C)/C=C(\CC(C)C(=O)OC(C(=O)OC)C(C(=O)OC)C(O)C(=O)OC)C(=O)OC. The van der Waals surface area contributed by atoms with E-state index >= 15 is 0 Å². The summed E-state index contributed by atoms with van der Waals surface area (Å²) in [6, 6.07) is 0. The minimum absolute atomic E-state index is 0.120. The van der Waals surface area contributed by atoms with Crippen molar-refractivity contribution in [1.29, 1.82) is 0 Å². The molecule has 8 unspecified atom stereocenters. The zero-order valence-corrected chi connectivity index (χ0v) is 28.3. The van der Waals surface area contributed by atoms with Gasteiger partial charge in [0.25, 0.3) is 0 Å². The van der Waals surface area contributed by atoms with Crippen LogP contribution in [-0.2, 0) is 47.7 Å². The Morgan fingerprint density at radius 3 is 1.73 bits per heavy atom. The van der Waals surface area contributed by atoms with Crippen molar-refractivity contribution >= 4 is 29.8 Å². The molecular formula is C33H54O11. The van der Waals surface area contributed by atoms with Crippen LogP contribution in [0.1, 0.15) is 80.6 Å². The molecule has 0 saturated carbocycles. The molecule has 8 atom stereocenters. The third-order valence-electron chi connectivity index (χ3n) is 7.66. The summed E-state index contributed by atoms with van der Waals surface area (Å²) >= 11 is 0. The highest BCUT2D eigenvalue weighted by Crippen LogP contribution is 2.27. The topological polar surface area (TPSA) is 152 Å². The van der Waals surface area contributed by atoms with E-state index in [4.69, 9.17) is 9.47 Å². The minimum atomic E-state index is -2.19. The van der Waals surface area contributed by atoms with Crippen molar-refractivity contribution in [3.05, 3.63) is 23.3 Å². The van der Waals surface area contributed by atoms with Gasteiger partial charge in [0.15, 0.2) is 6.10 Å². The van der Waals surface area contributed by atoms with E-state index in [0.717, 1.165) is 39.7 Å². The molecular weight excluding hydrogens is 572 g/mol. The molecule has 252 valence electrons. The Balaban J connectivity index is 5.85. The fraction of sp³-hybridized carbons (Fsp3) is 0.727. The summed E-state index contributed by atoms with van der Waals surface area (Å²) in [7, 11) is 4.14. The number of allylic oxidation sites excluding steroid dienone is 3. The molecule has 11 heteroatoms. The van der Waals surface area contributed by atoms with Crippen molar-refractivity contribution in [3.8, 4) is 0 Å². The second kappa shape index (κ2) is 20.7. The van der Waals surface area contributed by atoms with Crippen LogP contribution in [0.15, 0.2) is 23.3 Å². The fourth-order valence-corrected chi connectivity index (χ4v) is 5.40. The Labute approximate surface area is 262 Å². The molecule has 0 aliphatic rings. The first-order valence-electron chi connectivity index (χ1n) is 15.2. The van der Waals surface area contributed by atoms with Crippen LogP contribution in [0.5, 0.6) is 0 Å². The van der Waals surface area contributed by atoms with Crippen molar-refractivity contribution in [1.82, 2.24) is 0 Å². The van der Waals surface area contributed by atoms with Crippen LogP contribution in [0.3, 0.4) is 0 Å². The minimum Gasteiger partial charge on any atom is -0.469 e. The molecule has 0 aromatic carbocycles. The summed E-state index contributed by atoms with van der Waals surface area (Å²) in [5.74, 6) is -6.12. The summed E-state index contributed by atoms with van der Waals surface area (Å²) in [4.78, 5) is 62.6. The zero-order valence-electron chi connectivity index (χ0n) is 28.3. The molecule has 0 fully saturated rings. The Bertz CT molecular complexity index is 1020. The van der Waals surface area contributed by atoms with Gasteiger partial charge in [-0.3, -0.25) is 9.59 Å². The molecule has 1 N–H and O–H groups in total. The van der Waals surface area contributed by atoms with Crippen molar-refractivity contribution in [2.24, 2.45) is 35.5 Å². The maximum absolute atomic E-state index is 13.1. The van der Waals surface area contributed by atoms with Gasteiger partial charge in [-0.1, -0.05) is 59.6 Å². The molecule has 0 aliphatic carbocycles. The van der Waals surface area contributed by atoms with E-state index in [-0.39, 0.29) is 17.9 Å². The lowest BCUT2D eigenvalue weighted by Gasteiger charge is -2.26. The van der Waals surface area contributed by atoms with E-state index in [1.807, 2.05) is 6.92 Å².